The first-order chi connectivity index (χ1) is 5.93. The van der Waals surface area contributed by atoms with Gasteiger partial charge in [0.1, 0.15) is 0 Å². The summed E-state index contributed by atoms with van der Waals surface area (Å²) in [4.78, 5) is 17.1. The Morgan fingerprint density at radius 1 is 1.46 bits per heavy atom. The average molecular weight is 205 g/mol. The lowest BCUT2D eigenvalue weighted by atomic mass is 10.4. The minimum Gasteiger partial charge on any atom is -0.618 e. The van der Waals surface area contributed by atoms with E-state index in [0.29, 0.717) is 0 Å². The standard InChI is InChI=1S/C6H8NO5P/c8-6(13(10,11)12)5-3-1-2-4-7(5)9/h1-4,6,8H,(H2,10,11,12). The van der Waals surface area contributed by atoms with E-state index >= 15 is 0 Å². The van der Waals surface area contributed by atoms with E-state index in [4.69, 9.17) is 14.9 Å². The van der Waals surface area contributed by atoms with Gasteiger partial charge in [-0.05, 0) is 6.07 Å². The summed E-state index contributed by atoms with van der Waals surface area (Å²) in [7, 11) is -4.67. The summed E-state index contributed by atoms with van der Waals surface area (Å²) in [5.41, 5.74) is -0.365. The Morgan fingerprint density at radius 2 is 2.08 bits per heavy atom. The smallest absolute Gasteiger partial charge is 0.364 e. The fraction of sp³-hybridized carbons (Fsp3) is 0.167. The van der Waals surface area contributed by atoms with E-state index in [1.165, 1.54) is 12.1 Å². The molecule has 0 aliphatic carbocycles. The van der Waals surface area contributed by atoms with Crippen molar-refractivity contribution in [3.05, 3.63) is 35.3 Å². The zero-order chi connectivity index (χ0) is 10.1. The number of aromatic nitrogens is 1. The van der Waals surface area contributed by atoms with Crippen LogP contribution in [0.3, 0.4) is 0 Å². The van der Waals surface area contributed by atoms with Gasteiger partial charge in [-0.3, -0.25) is 4.57 Å². The number of aliphatic hydroxyl groups is 1. The number of hydrogen-bond donors (Lipinski definition) is 3. The zero-order valence-corrected chi connectivity index (χ0v) is 7.33. The van der Waals surface area contributed by atoms with Gasteiger partial charge in [0.05, 0.1) is 0 Å². The van der Waals surface area contributed by atoms with E-state index in [-0.39, 0.29) is 10.4 Å². The minimum absolute atomic E-state index is 0.212. The second-order valence-electron chi connectivity index (χ2n) is 2.41. The van der Waals surface area contributed by atoms with Crippen molar-refractivity contribution in [2.75, 3.05) is 0 Å². The lowest BCUT2D eigenvalue weighted by Crippen LogP contribution is -2.32. The third-order valence-electron chi connectivity index (χ3n) is 1.44. The molecule has 0 saturated heterocycles. The molecule has 13 heavy (non-hydrogen) atoms. The van der Waals surface area contributed by atoms with Crippen LogP contribution in [0, 0.1) is 5.21 Å². The lowest BCUT2D eigenvalue weighted by molar-refractivity contribution is -0.617. The van der Waals surface area contributed by atoms with Gasteiger partial charge in [0, 0.05) is 12.1 Å². The Bertz CT molecular complexity index is 349. The molecule has 1 unspecified atom stereocenters. The normalized spacial score (nSPS) is 14.1. The molecule has 72 valence electrons. The van der Waals surface area contributed by atoms with Gasteiger partial charge in [-0.1, -0.05) is 0 Å². The second-order valence-corrected chi connectivity index (χ2v) is 4.08. The van der Waals surface area contributed by atoms with Crippen molar-refractivity contribution in [1.29, 1.82) is 0 Å². The minimum atomic E-state index is -4.67. The fourth-order valence-electron chi connectivity index (χ4n) is 0.814. The van der Waals surface area contributed by atoms with Crippen LogP contribution in [-0.2, 0) is 4.57 Å². The largest absolute Gasteiger partial charge is 0.618 e. The second kappa shape index (κ2) is 3.43. The molecule has 0 amide bonds. The Morgan fingerprint density at radius 3 is 2.54 bits per heavy atom. The lowest BCUT2D eigenvalue weighted by Gasteiger charge is -2.11. The quantitative estimate of drug-likeness (QED) is 0.342. The highest BCUT2D eigenvalue weighted by atomic mass is 31.2. The van der Waals surface area contributed by atoms with Crippen molar-refractivity contribution in [3.63, 3.8) is 0 Å². The highest BCUT2D eigenvalue weighted by Gasteiger charge is 2.33. The van der Waals surface area contributed by atoms with E-state index in [9.17, 15) is 9.77 Å². The molecule has 0 aromatic carbocycles. The molecule has 0 spiro atoms. The SMILES string of the molecule is O=P(O)(O)C(O)c1cccc[n+]1[O-]. The predicted molar refractivity (Wildman–Crippen MR) is 42.4 cm³/mol. The first-order valence-corrected chi connectivity index (χ1v) is 5.02. The third-order valence-corrected chi connectivity index (χ3v) is 2.34. The number of aliphatic hydroxyl groups excluding tert-OH is 1. The first-order valence-electron chi connectivity index (χ1n) is 3.34. The van der Waals surface area contributed by atoms with Crippen LogP contribution in [0.1, 0.15) is 11.5 Å². The summed E-state index contributed by atoms with van der Waals surface area (Å²) in [6.07, 6.45) is 1.05. The maximum Gasteiger partial charge on any atom is 0.364 e. The van der Waals surface area contributed by atoms with Crippen molar-refractivity contribution in [2.24, 2.45) is 0 Å². The van der Waals surface area contributed by atoms with Crippen LogP contribution in [0.2, 0.25) is 0 Å². The molecule has 0 bridgehead atoms. The van der Waals surface area contributed by atoms with Gasteiger partial charge >= 0.3 is 7.60 Å². The van der Waals surface area contributed by atoms with Gasteiger partial charge in [0.15, 0.2) is 6.20 Å². The molecule has 0 fully saturated rings. The topological polar surface area (TPSA) is 105 Å². The van der Waals surface area contributed by atoms with Gasteiger partial charge < -0.3 is 20.1 Å². The van der Waals surface area contributed by atoms with Crippen LogP contribution in [0.5, 0.6) is 0 Å². The van der Waals surface area contributed by atoms with Gasteiger partial charge in [0.2, 0.25) is 11.5 Å². The molecular formula is C6H8NO5P. The number of pyridine rings is 1. The highest BCUT2D eigenvalue weighted by Crippen LogP contribution is 2.48. The van der Waals surface area contributed by atoms with Crippen LogP contribution < -0.4 is 4.73 Å². The molecule has 7 heteroatoms. The van der Waals surface area contributed by atoms with Crippen LogP contribution >= 0.6 is 7.60 Å². The van der Waals surface area contributed by atoms with Crippen LogP contribution in [0.25, 0.3) is 0 Å². The number of nitrogens with zero attached hydrogens (tertiary/aromatic N) is 1. The number of rotatable bonds is 2. The third kappa shape index (κ3) is 2.26. The maximum absolute atomic E-state index is 10.9. The van der Waals surface area contributed by atoms with Crippen molar-refractivity contribution in [1.82, 2.24) is 0 Å². The Hall–Kier alpha value is -0.940. The molecule has 3 N–H and O–H groups in total. The first kappa shape index (κ1) is 10.1. The van der Waals surface area contributed by atoms with E-state index in [1.54, 1.807) is 0 Å². The summed E-state index contributed by atoms with van der Waals surface area (Å²) in [5.74, 6) is -2.06. The van der Waals surface area contributed by atoms with Gasteiger partial charge in [-0.15, -0.1) is 0 Å². The molecule has 1 heterocycles. The van der Waals surface area contributed by atoms with Crippen LogP contribution in [-0.4, -0.2) is 14.9 Å². The Balaban J connectivity index is 3.09. The van der Waals surface area contributed by atoms with E-state index in [2.05, 4.69) is 0 Å². The molecule has 6 nitrogen and oxygen atoms in total. The summed E-state index contributed by atoms with van der Waals surface area (Å²) in [6, 6.07) is 3.95. The maximum atomic E-state index is 10.9. The van der Waals surface area contributed by atoms with Gasteiger partial charge in [-0.25, -0.2) is 0 Å². The van der Waals surface area contributed by atoms with Crippen LogP contribution in [0.15, 0.2) is 24.4 Å². The Kier molecular flexibility index (Phi) is 2.68. The van der Waals surface area contributed by atoms with Gasteiger partial charge in [-0.2, -0.15) is 4.73 Å². The van der Waals surface area contributed by atoms with Crippen molar-refractivity contribution < 1.29 is 24.2 Å². The number of hydrogen-bond acceptors (Lipinski definition) is 3. The van der Waals surface area contributed by atoms with Crippen molar-refractivity contribution >= 4 is 7.60 Å². The van der Waals surface area contributed by atoms with Crippen molar-refractivity contribution in [3.8, 4) is 0 Å². The molecule has 1 atom stereocenters. The summed E-state index contributed by atoms with van der Waals surface area (Å²) < 4.78 is 10.8. The van der Waals surface area contributed by atoms with E-state index in [0.717, 1.165) is 12.3 Å². The van der Waals surface area contributed by atoms with E-state index in [1.807, 2.05) is 0 Å². The van der Waals surface area contributed by atoms with Crippen LogP contribution in [0.4, 0.5) is 0 Å². The molecule has 1 aromatic rings. The zero-order valence-electron chi connectivity index (χ0n) is 6.44. The molecule has 0 aliphatic heterocycles. The molecular weight excluding hydrogens is 197 g/mol. The fourth-order valence-corrected chi connectivity index (χ4v) is 1.36. The molecule has 1 aromatic heterocycles. The molecule has 0 aliphatic rings. The summed E-state index contributed by atoms with van der Waals surface area (Å²) in [6.45, 7) is 0. The molecule has 0 radical (unpaired) electrons. The average Bonchev–Trinajstić information content (AvgIpc) is 2.02. The van der Waals surface area contributed by atoms with E-state index < -0.39 is 13.4 Å². The Labute approximate surface area is 73.8 Å². The molecule has 0 saturated carbocycles. The van der Waals surface area contributed by atoms with Crippen molar-refractivity contribution in [2.45, 2.75) is 5.85 Å². The summed E-state index contributed by atoms with van der Waals surface area (Å²) in [5, 5.41) is 20.0. The predicted octanol–water partition coefficient (Wildman–Crippen LogP) is -0.511. The van der Waals surface area contributed by atoms with Gasteiger partial charge in [0.25, 0.3) is 0 Å². The monoisotopic (exact) mass is 205 g/mol. The summed E-state index contributed by atoms with van der Waals surface area (Å²) >= 11 is 0. The highest BCUT2D eigenvalue weighted by molar-refractivity contribution is 7.51. The molecule has 1 rings (SSSR count).